The quantitative estimate of drug-likeness (QED) is 0.0973. The molecule has 2 aromatic carbocycles. The van der Waals surface area contributed by atoms with Crippen LogP contribution in [-0.4, -0.2) is 75.2 Å². The fraction of sp³-hybridized carbons (Fsp3) is 0.438. The number of benzene rings is 2. The highest BCUT2D eigenvalue weighted by molar-refractivity contribution is 14.1. The van der Waals surface area contributed by atoms with Crippen LogP contribution >= 0.6 is 34.4 Å². The van der Waals surface area contributed by atoms with Gasteiger partial charge in [-0.15, -0.1) is 11.8 Å². The predicted octanol–water partition coefficient (Wildman–Crippen LogP) is 5.53. The summed E-state index contributed by atoms with van der Waals surface area (Å²) in [5.74, 6) is 2.18. The van der Waals surface area contributed by atoms with Crippen molar-refractivity contribution in [3.8, 4) is 0 Å². The van der Waals surface area contributed by atoms with Crippen molar-refractivity contribution in [3.63, 3.8) is 0 Å². The van der Waals surface area contributed by atoms with E-state index in [4.69, 9.17) is 13.9 Å². The van der Waals surface area contributed by atoms with E-state index >= 15 is 0 Å². The van der Waals surface area contributed by atoms with Crippen LogP contribution in [0.3, 0.4) is 0 Å². The molecule has 1 N–H and O–H groups in total. The van der Waals surface area contributed by atoms with Gasteiger partial charge in [-0.25, -0.2) is 9.98 Å². The Labute approximate surface area is 274 Å². The Bertz CT molecular complexity index is 1390. The monoisotopic (exact) mass is 731 g/mol. The Hall–Kier alpha value is -2.16. The van der Waals surface area contributed by atoms with E-state index in [1.807, 2.05) is 19.0 Å². The van der Waals surface area contributed by atoms with Gasteiger partial charge >= 0.3 is 0 Å². The topological polar surface area (TPSA) is 72.6 Å². The van der Waals surface area contributed by atoms with E-state index in [1.54, 1.807) is 18.1 Å². The van der Waals surface area contributed by atoms with Gasteiger partial charge in [0.25, 0.3) is 8.32 Å². The van der Waals surface area contributed by atoms with E-state index in [2.05, 4.69) is 136 Å². The Morgan fingerprint density at radius 1 is 1.14 bits per heavy atom. The Morgan fingerprint density at radius 3 is 2.37 bits per heavy atom. The number of guanidine groups is 1. The summed E-state index contributed by atoms with van der Waals surface area (Å²) in [5, 5.41) is 5.84. The first-order valence-corrected chi connectivity index (χ1v) is 18.9. The van der Waals surface area contributed by atoms with Crippen LogP contribution < -0.4 is 15.7 Å². The number of fused-ring (bicyclic) bond motifs is 1. The maximum Gasteiger partial charge on any atom is 0.261 e. The van der Waals surface area contributed by atoms with Gasteiger partial charge in [-0.2, -0.15) is 0 Å². The van der Waals surface area contributed by atoms with Gasteiger partial charge in [0.05, 0.1) is 31.5 Å². The minimum Gasteiger partial charge on any atom is -0.405 e. The number of halogens is 1. The van der Waals surface area contributed by atoms with Gasteiger partial charge in [0.2, 0.25) is 5.96 Å². The summed E-state index contributed by atoms with van der Waals surface area (Å²) < 4.78 is 23.9. The van der Waals surface area contributed by atoms with Crippen molar-refractivity contribution in [3.05, 3.63) is 76.0 Å². The van der Waals surface area contributed by atoms with Crippen LogP contribution in [0.4, 0.5) is 5.82 Å². The van der Waals surface area contributed by atoms with E-state index < -0.39 is 8.32 Å². The lowest BCUT2D eigenvalue weighted by Gasteiger charge is -2.43. The highest BCUT2D eigenvalue weighted by atomic mass is 127. The molecule has 0 amide bonds. The van der Waals surface area contributed by atoms with E-state index in [1.165, 1.54) is 10.4 Å². The van der Waals surface area contributed by atoms with E-state index in [0.29, 0.717) is 25.1 Å². The number of anilines is 1. The van der Waals surface area contributed by atoms with Crippen LogP contribution in [0.25, 0.3) is 0 Å². The van der Waals surface area contributed by atoms with E-state index in [0.717, 1.165) is 21.4 Å². The molecule has 0 saturated carbocycles. The Kier molecular flexibility index (Phi) is 10.4. The largest absolute Gasteiger partial charge is 0.405 e. The van der Waals surface area contributed by atoms with Gasteiger partial charge < -0.3 is 28.7 Å². The van der Waals surface area contributed by atoms with Gasteiger partial charge in [0.15, 0.2) is 0 Å². The van der Waals surface area contributed by atoms with Crippen molar-refractivity contribution in [2.24, 2.45) is 9.98 Å². The molecule has 0 radical (unpaired) electrons. The number of aromatic nitrogens is 1. The SMILES string of the molecule is CSCOC1C[C@H](n2cc(I)c3c2NC(N=CN(C)C)=NC3)O[C@@H]1CO[Si](c1ccccc1)(c1ccccc1)C(C)(C)C. The van der Waals surface area contributed by atoms with Crippen molar-refractivity contribution in [2.75, 3.05) is 38.2 Å². The smallest absolute Gasteiger partial charge is 0.261 e. The second kappa shape index (κ2) is 13.9. The number of hydrogen-bond donors (Lipinski definition) is 1. The summed E-state index contributed by atoms with van der Waals surface area (Å²) in [7, 11) is 1.17. The third kappa shape index (κ3) is 6.91. The van der Waals surface area contributed by atoms with Crippen LogP contribution in [0.15, 0.2) is 76.8 Å². The molecule has 8 nitrogen and oxygen atoms in total. The molecule has 0 spiro atoms. The van der Waals surface area contributed by atoms with Gasteiger partial charge in [-0.3, -0.25) is 0 Å². The minimum absolute atomic E-state index is 0.102. The molecular formula is C32H42IN5O3SSi. The molecule has 0 aliphatic carbocycles. The van der Waals surface area contributed by atoms with Gasteiger partial charge in [-0.05, 0) is 44.3 Å². The van der Waals surface area contributed by atoms with Crippen molar-refractivity contribution < 1.29 is 13.9 Å². The first-order chi connectivity index (χ1) is 20.6. The molecular weight excluding hydrogens is 689 g/mol. The number of thioether (sulfide) groups is 1. The number of aliphatic imine (C=N–C) groups is 2. The zero-order chi connectivity index (χ0) is 30.6. The van der Waals surface area contributed by atoms with Gasteiger partial charge in [-0.1, -0.05) is 81.4 Å². The summed E-state index contributed by atoms with van der Waals surface area (Å²) in [6.07, 6.45) is 6.15. The van der Waals surface area contributed by atoms with Crippen molar-refractivity contribution >= 4 is 71.2 Å². The highest BCUT2D eigenvalue weighted by Crippen LogP contribution is 2.40. The molecule has 1 aromatic heterocycles. The summed E-state index contributed by atoms with van der Waals surface area (Å²) >= 11 is 4.06. The third-order valence-electron chi connectivity index (χ3n) is 7.88. The number of nitrogens with zero attached hydrogens (tertiary/aromatic N) is 4. The first kappa shape index (κ1) is 32.2. The molecule has 230 valence electrons. The molecule has 2 aliphatic rings. The predicted molar refractivity (Wildman–Crippen MR) is 189 cm³/mol. The zero-order valence-corrected chi connectivity index (χ0v) is 29.8. The summed E-state index contributed by atoms with van der Waals surface area (Å²) in [4.78, 5) is 11.0. The molecule has 1 fully saturated rings. The first-order valence-electron chi connectivity index (χ1n) is 14.6. The molecule has 1 saturated heterocycles. The zero-order valence-electron chi connectivity index (χ0n) is 25.8. The Balaban J connectivity index is 1.44. The lowest BCUT2D eigenvalue weighted by atomic mass is 10.2. The average Bonchev–Trinajstić information content (AvgIpc) is 3.55. The highest BCUT2D eigenvalue weighted by Gasteiger charge is 2.51. The fourth-order valence-corrected chi connectivity index (χ4v) is 11.5. The molecule has 3 aromatic rings. The molecule has 2 aliphatic heterocycles. The maximum atomic E-state index is 7.29. The number of hydrogen-bond acceptors (Lipinski definition) is 7. The van der Waals surface area contributed by atoms with Gasteiger partial charge in [0, 0.05) is 35.8 Å². The lowest BCUT2D eigenvalue weighted by molar-refractivity contribution is -0.0504. The minimum atomic E-state index is -2.72. The number of nitrogens with one attached hydrogen (secondary N) is 1. The molecule has 11 heteroatoms. The van der Waals surface area contributed by atoms with Gasteiger partial charge in [0.1, 0.15) is 18.1 Å². The second-order valence-corrected chi connectivity index (χ2v) is 18.4. The fourth-order valence-electron chi connectivity index (χ4n) is 5.91. The average molecular weight is 732 g/mol. The van der Waals surface area contributed by atoms with Crippen LogP contribution in [0.1, 0.15) is 39.0 Å². The van der Waals surface area contributed by atoms with E-state index in [9.17, 15) is 0 Å². The Morgan fingerprint density at radius 2 is 1.79 bits per heavy atom. The molecule has 1 unspecified atom stereocenters. The number of ether oxygens (including phenoxy) is 2. The molecule has 43 heavy (non-hydrogen) atoms. The van der Waals surface area contributed by atoms with Crippen LogP contribution in [-0.2, 0) is 20.4 Å². The normalized spacial score (nSPS) is 20.6. The number of rotatable bonds is 10. The summed E-state index contributed by atoms with van der Waals surface area (Å²) in [6, 6.07) is 21.5. The van der Waals surface area contributed by atoms with Crippen molar-refractivity contribution in [1.82, 2.24) is 9.47 Å². The van der Waals surface area contributed by atoms with Crippen LogP contribution in [0, 0.1) is 3.57 Å². The lowest BCUT2D eigenvalue weighted by Crippen LogP contribution is -2.67. The second-order valence-electron chi connectivity index (χ2n) is 12.1. The van der Waals surface area contributed by atoms with Crippen LogP contribution in [0.2, 0.25) is 5.04 Å². The van der Waals surface area contributed by atoms with E-state index in [-0.39, 0.29) is 23.5 Å². The van der Waals surface area contributed by atoms with Crippen molar-refractivity contribution in [1.29, 1.82) is 0 Å². The van der Waals surface area contributed by atoms with Crippen LogP contribution in [0.5, 0.6) is 0 Å². The standard InChI is InChI=1S/C32H42IN5O3SSi/c1-32(2,3)43(23-13-9-7-10-14-23,24-15-11-8-12-16-24)40-20-28-27(39-22-42-6)17-29(41-28)38-19-26(33)25-18-34-31(36-30(25)38)35-21-37(4)5/h7-16,19,21,27-29H,17-18,20,22H2,1-6H3,(H,34,36)/t27?,28-,29-/m1/s1. The molecule has 5 rings (SSSR count). The molecule has 0 bridgehead atoms. The summed E-state index contributed by atoms with van der Waals surface area (Å²) in [5.41, 5.74) is 1.15. The molecule has 3 atom stereocenters. The maximum absolute atomic E-state index is 7.29. The molecule has 3 heterocycles. The van der Waals surface area contributed by atoms with Crippen molar-refractivity contribution in [2.45, 2.75) is 57.2 Å². The third-order valence-corrected chi connectivity index (χ3v) is 14.2. The summed E-state index contributed by atoms with van der Waals surface area (Å²) in [6.45, 7) is 7.93.